The third kappa shape index (κ3) is 2.46. The molecule has 1 aromatic rings. The number of aryl methyl sites for hydroxylation is 1. The van der Waals surface area contributed by atoms with E-state index in [1.807, 2.05) is 6.92 Å². The lowest BCUT2D eigenvalue weighted by atomic mass is 9.62. The molecule has 20 heavy (non-hydrogen) atoms. The normalized spacial score (nSPS) is 20.4. The van der Waals surface area contributed by atoms with Gasteiger partial charge in [-0.05, 0) is 71.4 Å². The second kappa shape index (κ2) is 4.87. The van der Waals surface area contributed by atoms with Crippen LogP contribution in [0.25, 0.3) is 5.57 Å². The fourth-order valence-electron chi connectivity index (χ4n) is 3.34. The van der Waals surface area contributed by atoms with Gasteiger partial charge in [0.05, 0.1) is 0 Å². The lowest BCUT2D eigenvalue weighted by Gasteiger charge is -2.42. The van der Waals surface area contributed by atoms with Crippen LogP contribution in [0.4, 0.5) is 0 Å². The Morgan fingerprint density at radius 2 is 1.55 bits per heavy atom. The molecule has 0 atom stereocenters. The zero-order chi connectivity index (χ0) is 15.1. The summed E-state index contributed by atoms with van der Waals surface area (Å²) in [5.74, 6) is 0. The molecule has 1 nitrogen and oxygen atoms in total. The second-order valence-corrected chi connectivity index (χ2v) is 7.47. The van der Waals surface area contributed by atoms with Gasteiger partial charge in [0.25, 0.3) is 0 Å². The van der Waals surface area contributed by atoms with Gasteiger partial charge in [0, 0.05) is 0 Å². The molecule has 0 radical (unpaired) electrons. The molecular weight excluding hydrogens is 244 g/mol. The molecule has 0 saturated heterocycles. The Morgan fingerprint density at radius 1 is 1.05 bits per heavy atom. The van der Waals surface area contributed by atoms with Crippen molar-refractivity contribution in [3.8, 4) is 0 Å². The number of benzene rings is 1. The van der Waals surface area contributed by atoms with E-state index in [9.17, 15) is 4.79 Å². The number of rotatable bonds is 2. The van der Waals surface area contributed by atoms with Gasteiger partial charge in [-0.2, -0.15) is 0 Å². The van der Waals surface area contributed by atoms with Gasteiger partial charge in [-0.15, -0.1) is 0 Å². The van der Waals surface area contributed by atoms with E-state index in [0.717, 1.165) is 11.9 Å². The number of carbonyl (C=O) groups excluding carboxylic acids is 1. The summed E-state index contributed by atoms with van der Waals surface area (Å²) in [5.41, 5.74) is 6.93. The van der Waals surface area contributed by atoms with Gasteiger partial charge >= 0.3 is 0 Å². The predicted octanol–water partition coefficient (Wildman–Crippen LogP) is 4.95. The Bertz CT molecular complexity index is 574. The van der Waals surface area contributed by atoms with Crippen LogP contribution >= 0.6 is 0 Å². The number of aldehydes is 1. The predicted molar refractivity (Wildman–Crippen MR) is 86.2 cm³/mol. The third-order valence-electron chi connectivity index (χ3n) is 4.94. The lowest BCUT2D eigenvalue weighted by molar-refractivity contribution is -0.104. The summed E-state index contributed by atoms with van der Waals surface area (Å²) in [6.45, 7) is 13.5. The molecule has 0 bridgehead atoms. The number of allylic oxidation sites excluding steroid dienone is 2. The van der Waals surface area contributed by atoms with E-state index in [4.69, 9.17) is 0 Å². The van der Waals surface area contributed by atoms with Crippen molar-refractivity contribution in [2.45, 2.75) is 65.2 Å². The molecule has 0 aliphatic heterocycles. The van der Waals surface area contributed by atoms with Gasteiger partial charge in [0.15, 0.2) is 0 Å². The van der Waals surface area contributed by atoms with E-state index in [-0.39, 0.29) is 10.8 Å². The van der Waals surface area contributed by atoms with Gasteiger partial charge in [-0.3, -0.25) is 4.79 Å². The highest BCUT2D eigenvalue weighted by Gasteiger charge is 2.37. The quantitative estimate of drug-likeness (QED) is 0.549. The maximum Gasteiger partial charge on any atom is 0.143 e. The summed E-state index contributed by atoms with van der Waals surface area (Å²) >= 11 is 0. The molecule has 0 saturated carbocycles. The minimum absolute atomic E-state index is 0.217. The molecule has 1 aliphatic carbocycles. The fourth-order valence-corrected chi connectivity index (χ4v) is 3.34. The minimum atomic E-state index is 0.217. The van der Waals surface area contributed by atoms with Crippen LogP contribution in [0.5, 0.6) is 0 Å². The Kier molecular flexibility index (Phi) is 3.66. The number of hydrogen-bond donors (Lipinski definition) is 0. The van der Waals surface area contributed by atoms with Crippen LogP contribution in [0.1, 0.15) is 69.7 Å². The first-order valence-electron chi connectivity index (χ1n) is 7.47. The number of carbonyl (C=O) groups is 1. The second-order valence-electron chi connectivity index (χ2n) is 7.47. The van der Waals surface area contributed by atoms with Crippen molar-refractivity contribution in [1.29, 1.82) is 0 Å². The van der Waals surface area contributed by atoms with Crippen molar-refractivity contribution >= 4 is 11.9 Å². The molecular formula is C19H26O. The smallest absolute Gasteiger partial charge is 0.143 e. The van der Waals surface area contributed by atoms with E-state index >= 15 is 0 Å². The van der Waals surface area contributed by atoms with E-state index in [1.165, 1.54) is 35.1 Å². The Balaban J connectivity index is 2.70. The average Bonchev–Trinajstić information content (AvgIpc) is 2.35. The van der Waals surface area contributed by atoms with Crippen LogP contribution in [0.15, 0.2) is 18.2 Å². The maximum atomic E-state index is 10.7. The first-order valence-corrected chi connectivity index (χ1v) is 7.47. The zero-order valence-electron chi connectivity index (χ0n) is 13.6. The van der Waals surface area contributed by atoms with Crippen molar-refractivity contribution in [3.63, 3.8) is 0 Å². The van der Waals surface area contributed by atoms with Gasteiger partial charge in [-0.25, -0.2) is 0 Å². The highest BCUT2D eigenvalue weighted by Crippen LogP contribution is 2.47. The van der Waals surface area contributed by atoms with Crippen LogP contribution in [0.2, 0.25) is 0 Å². The largest absolute Gasteiger partial charge is 0.299 e. The highest BCUT2D eigenvalue weighted by atomic mass is 16.1. The number of hydrogen-bond acceptors (Lipinski definition) is 1. The SMILES string of the molecule is C/C(=C/C=O)c1cc2c(cc1C)C(C)(C)CCC2(C)C. The highest BCUT2D eigenvalue weighted by molar-refractivity contribution is 5.82. The van der Waals surface area contributed by atoms with Crippen LogP contribution in [0.3, 0.4) is 0 Å². The molecule has 0 unspecified atom stereocenters. The molecule has 2 rings (SSSR count). The molecule has 0 N–H and O–H groups in total. The van der Waals surface area contributed by atoms with E-state index in [1.54, 1.807) is 6.08 Å². The van der Waals surface area contributed by atoms with Crippen molar-refractivity contribution < 1.29 is 4.79 Å². The molecule has 0 aromatic heterocycles. The standard InChI is InChI=1S/C19H26O/c1-13(7-10-20)15-12-17-16(11-14(15)2)18(3,4)8-9-19(17,5)6/h7,10-12H,8-9H2,1-6H3/b13-7-. The first kappa shape index (κ1) is 15.0. The van der Waals surface area contributed by atoms with Gasteiger partial charge in [0.2, 0.25) is 0 Å². The summed E-state index contributed by atoms with van der Waals surface area (Å²) in [7, 11) is 0. The maximum absolute atomic E-state index is 10.7. The molecule has 1 heteroatoms. The Morgan fingerprint density at radius 3 is 2.05 bits per heavy atom. The topological polar surface area (TPSA) is 17.1 Å². The van der Waals surface area contributed by atoms with Gasteiger partial charge in [0.1, 0.15) is 6.29 Å². The Labute approximate surface area is 123 Å². The fraction of sp³-hybridized carbons (Fsp3) is 0.526. The molecule has 0 heterocycles. The van der Waals surface area contributed by atoms with Crippen molar-refractivity contribution in [3.05, 3.63) is 40.5 Å². The van der Waals surface area contributed by atoms with Gasteiger partial charge in [-0.1, -0.05) is 39.8 Å². The van der Waals surface area contributed by atoms with Crippen LogP contribution in [0, 0.1) is 6.92 Å². The Hall–Kier alpha value is -1.37. The summed E-state index contributed by atoms with van der Waals surface area (Å²) in [5, 5.41) is 0. The summed E-state index contributed by atoms with van der Waals surface area (Å²) in [6.07, 6.45) is 4.99. The lowest BCUT2D eigenvalue weighted by Crippen LogP contribution is -2.34. The van der Waals surface area contributed by atoms with Gasteiger partial charge < -0.3 is 0 Å². The van der Waals surface area contributed by atoms with Crippen LogP contribution in [-0.4, -0.2) is 6.29 Å². The summed E-state index contributed by atoms with van der Waals surface area (Å²) in [4.78, 5) is 10.7. The van der Waals surface area contributed by atoms with E-state index < -0.39 is 0 Å². The summed E-state index contributed by atoms with van der Waals surface area (Å²) < 4.78 is 0. The first-order chi connectivity index (χ1) is 9.19. The molecule has 108 valence electrons. The van der Waals surface area contributed by atoms with E-state index in [0.29, 0.717) is 0 Å². The summed E-state index contributed by atoms with van der Waals surface area (Å²) in [6, 6.07) is 4.66. The number of fused-ring (bicyclic) bond motifs is 1. The molecule has 0 amide bonds. The van der Waals surface area contributed by atoms with Crippen molar-refractivity contribution in [2.24, 2.45) is 0 Å². The van der Waals surface area contributed by atoms with Crippen molar-refractivity contribution in [1.82, 2.24) is 0 Å². The van der Waals surface area contributed by atoms with Crippen LogP contribution < -0.4 is 0 Å². The minimum Gasteiger partial charge on any atom is -0.299 e. The third-order valence-corrected chi connectivity index (χ3v) is 4.94. The van der Waals surface area contributed by atoms with Crippen LogP contribution in [-0.2, 0) is 15.6 Å². The molecule has 1 aliphatic rings. The average molecular weight is 270 g/mol. The van der Waals surface area contributed by atoms with Crippen molar-refractivity contribution in [2.75, 3.05) is 0 Å². The zero-order valence-corrected chi connectivity index (χ0v) is 13.6. The molecule has 0 fully saturated rings. The van der Waals surface area contributed by atoms with E-state index in [2.05, 4.69) is 46.8 Å². The molecule has 0 spiro atoms. The monoisotopic (exact) mass is 270 g/mol. The molecule has 1 aromatic carbocycles.